The van der Waals surface area contributed by atoms with Gasteiger partial charge in [-0.05, 0) is 57.9 Å². The standard InChI is InChI=1S/C16H32N2O/c1-3-4-7-14-8-10-15(11-9-14)16(19)18-13(2)6-5-12-17/h13-15H,3-12,17H2,1-2H3,(H,18,19). The molecule has 1 saturated carbocycles. The maximum Gasteiger partial charge on any atom is 0.223 e. The van der Waals surface area contributed by atoms with E-state index in [1.54, 1.807) is 0 Å². The zero-order chi connectivity index (χ0) is 14.1. The Balaban J connectivity index is 2.21. The summed E-state index contributed by atoms with van der Waals surface area (Å²) in [7, 11) is 0. The lowest BCUT2D eigenvalue weighted by Gasteiger charge is -2.28. The van der Waals surface area contributed by atoms with E-state index < -0.39 is 0 Å². The second-order valence-electron chi connectivity index (χ2n) is 6.20. The van der Waals surface area contributed by atoms with Gasteiger partial charge in [-0.3, -0.25) is 4.79 Å². The molecule has 19 heavy (non-hydrogen) atoms. The molecule has 1 atom stereocenters. The molecule has 0 aromatic rings. The van der Waals surface area contributed by atoms with Crippen molar-refractivity contribution in [2.24, 2.45) is 17.6 Å². The quantitative estimate of drug-likeness (QED) is 0.710. The van der Waals surface area contributed by atoms with Gasteiger partial charge in [-0.25, -0.2) is 0 Å². The van der Waals surface area contributed by atoms with Crippen LogP contribution in [-0.2, 0) is 4.79 Å². The van der Waals surface area contributed by atoms with Gasteiger partial charge in [0.05, 0.1) is 0 Å². The molecule has 1 unspecified atom stereocenters. The molecule has 1 rings (SSSR count). The summed E-state index contributed by atoms with van der Waals surface area (Å²) >= 11 is 0. The van der Waals surface area contributed by atoms with Crippen molar-refractivity contribution in [2.75, 3.05) is 6.54 Å². The van der Waals surface area contributed by atoms with Crippen molar-refractivity contribution in [2.45, 2.75) is 77.7 Å². The number of amides is 1. The molecule has 0 spiro atoms. The SMILES string of the molecule is CCCCC1CCC(C(=O)NC(C)CCCN)CC1. The minimum Gasteiger partial charge on any atom is -0.353 e. The predicted molar refractivity (Wildman–Crippen MR) is 80.9 cm³/mol. The average molecular weight is 268 g/mol. The summed E-state index contributed by atoms with van der Waals surface area (Å²) in [5.41, 5.74) is 5.49. The van der Waals surface area contributed by atoms with Gasteiger partial charge in [0.1, 0.15) is 0 Å². The summed E-state index contributed by atoms with van der Waals surface area (Å²) in [5, 5.41) is 3.15. The summed E-state index contributed by atoms with van der Waals surface area (Å²) in [4.78, 5) is 12.2. The van der Waals surface area contributed by atoms with E-state index in [2.05, 4.69) is 19.2 Å². The highest BCUT2D eigenvalue weighted by Crippen LogP contribution is 2.32. The van der Waals surface area contributed by atoms with Crippen LogP contribution in [-0.4, -0.2) is 18.5 Å². The molecule has 0 aromatic heterocycles. The van der Waals surface area contributed by atoms with Crippen LogP contribution in [0.5, 0.6) is 0 Å². The van der Waals surface area contributed by atoms with Crippen molar-refractivity contribution in [3.05, 3.63) is 0 Å². The van der Waals surface area contributed by atoms with Crippen LogP contribution in [0, 0.1) is 11.8 Å². The van der Waals surface area contributed by atoms with E-state index >= 15 is 0 Å². The fraction of sp³-hybridized carbons (Fsp3) is 0.938. The van der Waals surface area contributed by atoms with Gasteiger partial charge in [-0.15, -0.1) is 0 Å². The number of carbonyl (C=O) groups excluding carboxylic acids is 1. The van der Waals surface area contributed by atoms with Crippen LogP contribution >= 0.6 is 0 Å². The molecule has 3 heteroatoms. The highest BCUT2D eigenvalue weighted by atomic mass is 16.1. The highest BCUT2D eigenvalue weighted by Gasteiger charge is 2.26. The molecule has 0 aromatic carbocycles. The number of rotatable bonds is 8. The third-order valence-electron chi connectivity index (χ3n) is 4.41. The largest absolute Gasteiger partial charge is 0.353 e. The molecule has 3 nitrogen and oxygen atoms in total. The van der Waals surface area contributed by atoms with Crippen molar-refractivity contribution in [3.63, 3.8) is 0 Å². The Morgan fingerprint density at radius 2 is 1.95 bits per heavy atom. The van der Waals surface area contributed by atoms with Gasteiger partial charge in [0.15, 0.2) is 0 Å². The Bertz CT molecular complexity index is 247. The third-order valence-corrected chi connectivity index (χ3v) is 4.41. The summed E-state index contributed by atoms with van der Waals surface area (Å²) in [5.74, 6) is 1.41. The Hall–Kier alpha value is -0.570. The van der Waals surface area contributed by atoms with E-state index in [1.807, 2.05) is 0 Å². The molecule has 1 aliphatic carbocycles. The average Bonchev–Trinajstić information content (AvgIpc) is 2.43. The number of hydrogen-bond donors (Lipinski definition) is 2. The first-order valence-electron chi connectivity index (χ1n) is 8.17. The van der Waals surface area contributed by atoms with Crippen LogP contribution in [0.15, 0.2) is 0 Å². The smallest absolute Gasteiger partial charge is 0.223 e. The molecular formula is C16H32N2O. The van der Waals surface area contributed by atoms with E-state index in [1.165, 1.54) is 32.1 Å². The van der Waals surface area contributed by atoms with Gasteiger partial charge in [0.2, 0.25) is 5.91 Å². The Kier molecular flexibility index (Phi) is 8.11. The first-order chi connectivity index (χ1) is 9.17. The summed E-state index contributed by atoms with van der Waals surface area (Å²) in [6.07, 6.45) is 10.6. The van der Waals surface area contributed by atoms with E-state index in [4.69, 9.17) is 5.73 Å². The van der Waals surface area contributed by atoms with Crippen LogP contribution < -0.4 is 11.1 Å². The van der Waals surface area contributed by atoms with Gasteiger partial charge in [0.25, 0.3) is 0 Å². The van der Waals surface area contributed by atoms with Crippen molar-refractivity contribution < 1.29 is 4.79 Å². The lowest BCUT2D eigenvalue weighted by Crippen LogP contribution is -2.38. The van der Waals surface area contributed by atoms with Crippen molar-refractivity contribution in [1.82, 2.24) is 5.32 Å². The van der Waals surface area contributed by atoms with Crippen LogP contribution in [0.2, 0.25) is 0 Å². The normalized spacial score (nSPS) is 25.0. The molecule has 112 valence electrons. The minimum atomic E-state index is 0.262. The molecule has 1 aliphatic rings. The molecule has 0 aliphatic heterocycles. The number of unbranched alkanes of at least 4 members (excludes halogenated alkanes) is 1. The van der Waals surface area contributed by atoms with Crippen LogP contribution in [0.4, 0.5) is 0 Å². The Labute approximate surface area is 118 Å². The predicted octanol–water partition coefficient (Wildman–Crippen LogP) is 3.23. The van der Waals surface area contributed by atoms with Crippen molar-refractivity contribution in [1.29, 1.82) is 0 Å². The highest BCUT2D eigenvalue weighted by molar-refractivity contribution is 5.78. The molecule has 0 bridgehead atoms. The summed E-state index contributed by atoms with van der Waals surface area (Å²) < 4.78 is 0. The molecule has 0 radical (unpaired) electrons. The molecular weight excluding hydrogens is 236 g/mol. The van der Waals surface area contributed by atoms with E-state index in [0.29, 0.717) is 6.54 Å². The van der Waals surface area contributed by atoms with Crippen molar-refractivity contribution in [3.8, 4) is 0 Å². The fourth-order valence-corrected chi connectivity index (χ4v) is 3.06. The fourth-order valence-electron chi connectivity index (χ4n) is 3.06. The van der Waals surface area contributed by atoms with Gasteiger partial charge in [0, 0.05) is 12.0 Å². The van der Waals surface area contributed by atoms with Gasteiger partial charge >= 0.3 is 0 Å². The summed E-state index contributed by atoms with van der Waals surface area (Å²) in [6.45, 7) is 5.05. The third kappa shape index (κ3) is 6.42. The first kappa shape index (κ1) is 16.5. The first-order valence-corrected chi connectivity index (χ1v) is 8.17. The topological polar surface area (TPSA) is 55.1 Å². The molecule has 0 saturated heterocycles. The molecule has 0 heterocycles. The van der Waals surface area contributed by atoms with Gasteiger partial charge in [-0.1, -0.05) is 26.2 Å². The lowest BCUT2D eigenvalue weighted by atomic mass is 9.79. The van der Waals surface area contributed by atoms with Crippen molar-refractivity contribution >= 4 is 5.91 Å². The van der Waals surface area contributed by atoms with Crippen LogP contribution in [0.3, 0.4) is 0 Å². The maximum absolute atomic E-state index is 12.2. The Morgan fingerprint density at radius 1 is 1.26 bits per heavy atom. The zero-order valence-corrected chi connectivity index (χ0v) is 12.8. The molecule has 3 N–H and O–H groups in total. The maximum atomic E-state index is 12.2. The van der Waals surface area contributed by atoms with Gasteiger partial charge in [-0.2, -0.15) is 0 Å². The molecule has 1 amide bonds. The van der Waals surface area contributed by atoms with Gasteiger partial charge < -0.3 is 11.1 Å². The second kappa shape index (κ2) is 9.35. The van der Waals surface area contributed by atoms with E-state index in [0.717, 1.165) is 31.6 Å². The monoisotopic (exact) mass is 268 g/mol. The minimum absolute atomic E-state index is 0.262. The number of carbonyl (C=O) groups is 1. The molecule has 1 fully saturated rings. The number of nitrogens with one attached hydrogen (secondary N) is 1. The van der Waals surface area contributed by atoms with E-state index in [-0.39, 0.29) is 17.9 Å². The number of nitrogens with two attached hydrogens (primary N) is 1. The van der Waals surface area contributed by atoms with Crippen LogP contribution in [0.25, 0.3) is 0 Å². The Morgan fingerprint density at radius 3 is 2.53 bits per heavy atom. The second-order valence-corrected chi connectivity index (χ2v) is 6.20. The number of hydrogen-bond acceptors (Lipinski definition) is 2. The van der Waals surface area contributed by atoms with Crippen LogP contribution in [0.1, 0.15) is 71.6 Å². The zero-order valence-electron chi connectivity index (χ0n) is 12.8. The summed E-state index contributed by atoms with van der Waals surface area (Å²) in [6, 6.07) is 0.272. The lowest BCUT2D eigenvalue weighted by molar-refractivity contribution is -0.126. The van der Waals surface area contributed by atoms with E-state index in [9.17, 15) is 4.79 Å².